The molecule has 10 heteroatoms. The average Bonchev–Trinajstić information content (AvgIpc) is 3.24. The minimum atomic E-state index is -1.83. The standard InChI is InChI=1S/C29H27Cl2N3O5/c1-28(2,26(36)32-5)27(37)34-22-19-14-18(15-10-12-16(30)13-11-15)21(17-8-6-7-9-20(17)31)33-25(19)39-23(22)24(35)29(3,4)38/h6-14,38H,1-5H3,(H,32,36)(H,34,37). The Morgan fingerprint density at radius 3 is 2.15 bits per heavy atom. The summed E-state index contributed by atoms with van der Waals surface area (Å²) < 4.78 is 5.90. The van der Waals surface area contributed by atoms with Crippen LogP contribution in [0.25, 0.3) is 33.5 Å². The zero-order valence-corrected chi connectivity index (χ0v) is 23.5. The summed E-state index contributed by atoms with van der Waals surface area (Å²) >= 11 is 12.7. The molecule has 2 aromatic carbocycles. The number of pyridine rings is 1. The monoisotopic (exact) mass is 567 g/mol. The zero-order valence-electron chi connectivity index (χ0n) is 22.0. The van der Waals surface area contributed by atoms with Gasteiger partial charge in [0.05, 0.1) is 11.1 Å². The molecule has 2 heterocycles. The Kier molecular flexibility index (Phi) is 7.58. The zero-order chi connectivity index (χ0) is 28.7. The van der Waals surface area contributed by atoms with Gasteiger partial charge in [-0.2, -0.15) is 0 Å². The Morgan fingerprint density at radius 2 is 1.56 bits per heavy atom. The summed E-state index contributed by atoms with van der Waals surface area (Å²) in [7, 11) is 1.42. The number of aromatic nitrogens is 1. The third-order valence-electron chi connectivity index (χ3n) is 6.33. The highest BCUT2D eigenvalue weighted by Gasteiger charge is 2.39. The lowest BCUT2D eigenvalue weighted by atomic mass is 9.90. The lowest BCUT2D eigenvalue weighted by Crippen LogP contribution is -2.44. The van der Waals surface area contributed by atoms with Crippen molar-refractivity contribution in [1.82, 2.24) is 10.3 Å². The van der Waals surface area contributed by atoms with Crippen LogP contribution in [-0.4, -0.2) is 40.3 Å². The van der Waals surface area contributed by atoms with E-state index in [0.717, 1.165) is 5.56 Å². The van der Waals surface area contributed by atoms with E-state index in [9.17, 15) is 19.5 Å². The number of furan rings is 1. The molecule has 0 saturated carbocycles. The van der Waals surface area contributed by atoms with Gasteiger partial charge in [-0.15, -0.1) is 0 Å². The molecule has 0 fully saturated rings. The normalized spacial score (nSPS) is 11.9. The van der Waals surface area contributed by atoms with Gasteiger partial charge in [0.15, 0.2) is 5.76 Å². The van der Waals surface area contributed by atoms with Crippen LogP contribution in [0.2, 0.25) is 10.0 Å². The van der Waals surface area contributed by atoms with Gasteiger partial charge >= 0.3 is 0 Å². The van der Waals surface area contributed by atoms with E-state index in [1.807, 2.05) is 18.2 Å². The number of benzene rings is 2. The first-order valence-electron chi connectivity index (χ1n) is 12.0. The highest BCUT2D eigenvalue weighted by Crippen LogP contribution is 2.41. The number of Topliss-reactive ketones (excluding diaryl/α,β-unsaturated/α-hetero) is 1. The SMILES string of the molecule is CNC(=O)C(C)(C)C(=O)Nc1c(C(=O)C(C)(C)O)oc2nc(-c3ccccc3Cl)c(-c3ccc(Cl)cc3)cc12. The second kappa shape index (κ2) is 10.4. The van der Waals surface area contributed by atoms with Crippen LogP contribution in [0.1, 0.15) is 38.2 Å². The van der Waals surface area contributed by atoms with Gasteiger partial charge in [-0.25, -0.2) is 4.98 Å². The van der Waals surface area contributed by atoms with Gasteiger partial charge in [0.25, 0.3) is 0 Å². The van der Waals surface area contributed by atoms with E-state index < -0.39 is 28.6 Å². The molecule has 0 atom stereocenters. The van der Waals surface area contributed by atoms with Crippen LogP contribution in [0, 0.1) is 5.41 Å². The Labute approximate surface area is 235 Å². The van der Waals surface area contributed by atoms with E-state index in [-0.39, 0.29) is 17.2 Å². The van der Waals surface area contributed by atoms with Crippen molar-refractivity contribution >= 4 is 57.6 Å². The summed E-state index contributed by atoms with van der Waals surface area (Å²) in [6, 6.07) is 15.9. The van der Waals surface area contributed by atoms with E-state index in [0.29, 0.717) is 32.3 Å². The number of rotatable bonds is 7. The first kappa shape index (κ1) is 28.3. The van der Waals surface area contributed by atoms with Crippen LogP contribution in [0.4, 0.5) is 5.69 Å². The topological polar surface area (TPSA) is 122 Å². The third kappa shape index (κ3) is 5.41. The quantitative estimate of drug-likeness (QED) is 0.182. The molecule has 4 rings (SSSR count). The number of nitrogens with one attached hydrogen (secondary N) is 2. The van der Waals surface area contributed by atoms with Crippen LogP contribution in [-0.2, 0) is 9.59 Å². The highest BCUT2D eigenvalue weighted by atomic mass is 35.5. The first-order valence-corrected chi connectivity index (χ1v) is 12.8. The molecular formula is C29H27Cl2N3O5. The molecule has 0 aliphatic rings. The fourth-order valence-corrected chi connectivity index (χ4v) is 4.33. The molecule has 2 aromatic heterocycles. The van der Waals surface area contributed by atoms with Gasteiger partial charge in [-0.1, -0.05) is 53.5 Å². The number of nitrogens with zero attached hydrogens (tertiary/aromatic N) is 1. The smallest absolute Gasteiger partial charge is 0.239 e. The third-order valence-corrected chi connectivity index (χ3v) is 6.91. The summed E-state index contributed by atoms with van der Waals surface area (Å²) in [5, 5.41) is 16.9. The second-order valence-corrected chi connectivity index (χ2v) is 10.9. The molecule has 39 heavy (non-hydrogen) atoms. The van der Waals surface area contributed by atoms with Crippen molar-refractivity contribution in [3.63, 3.8) is 0 Å². The Morgan fingerprint density at radius 1 is 0.923 bits per heavy atom. The van der Waals surface area contributed by atoms with Crippen LogP contribution in [0.5, 0.6) is 0 Å². The van der Waals surface area contributed by atoms with Crippen LogP contribution in [0.15, 0.2) is 59.0 Å². The maximum Gasteiger partial charge on any atom is 0.239 e. The van der Waals surface area contributed by atoms with Crippen LogP contribution >= 0.6 is 23.2 Å². The van der Waals surface area contributed by atoms with Crippen LogP contribution in [0.3, 0.4) is 0 Å². The number of halogens is 2. The molecule has 0 spiro atoms. The maximum atomic E-state index is 13.3. The molecule has 2 amide bonds. The van der Waals surface area contributed by atoms with E-state index in [1.54, 1.807) is 36.4 Å². The average molecular weight is 568 g/mol. The fraction of sp³-hybridized carbons (Fsp3) is 0.241. The van der Waals surface area contributed by atoms with E-state index in [4.69, 9.17) is 32.6 Å². The second-order valence-electron chi connectivity index (χ2n) is 10.1. The molecule has 0 aliphatic carbocycles. The minimum absolute atomic E-state index is 0.00692. The number of aliphatic hydroxyl groups is 1. The van der Waals surface area contributed by atoms with E-state index in [2.05, 4.69) is 10.6 Å². The van der Waals surface area contributed by atoms with Crippen molar-refractivity contribution in [2.45, 2.75) is 33.3 Å². The first-order chi connectivity index (χ1) is 18.3. The van der Waals surface area contributed by atoms with Gasteiger partial charge in [0, 0.05) is 28.2 Å². The van der Waals surface area contributed by atoms with Gasteiger partial charge in [-0.05, 0) is 57.5 Å². The molecule has 0 radical (unpaired) electrons. The molecular weight excluding hydrogens is 541 g/mol. The number of anilines is 1. The molecule has 0 bridgehead atoms. The predicted molar refractivity (Wildman–Crippen MR) is 152 cm³/mol. The van der Waals surface area contributed by atoms with Gasteiger partial charge < -0.3 is 20.2 Å². The summed E-state index contributed by atoms with van der Waals surface area (Å²) in [6.07, 6.45) is 0. The summed E-state index contributed by atoms with van der Waals surface area (Å²) in [6.45, 7) is 5.52. The van der Waals surface area contributed by atoms with Crippen molar-refractivity contribution < 1.29 is 23.9 Å². The summed E-state index contributed by atoms with van der Waals surface area (Å²) in [5.74, 6) is -2.29. The largest absolute Gasteiger partial charge is 0.432 e. The Bertz CT molecular complexity index is 1600. The predicted octanol–water partition coefficient (Wildman–Crippen LogP) is 6.13. The Hall–Kier alpha value is -3.72. The number of amides is 2. The van der Waals surface area contributed by atoms with Gasteiger partial charge in [0.2, 0.25) is 23.3 Å². The minimum Gasteiger partial charge on any atom is -0.432 e. The van der Waals surface area contributed by atoms with E-state index >= 15 is 0 Å². The Balaban J connectivity index is 2.04. The van der Waals surface area contributed by atoms with Crippen LogP contribution < -0.4 is 10.6 Å². The lowest BCUT2D eigenvalue weighted by Gasteiger charge is -2.22. The number of hydrogen-bond acceptors (Lipinski definition) is 6. The lowest BCUT2D eigenvalue weighted by molar-refractivity contribution is -0.138. The molecule has 0 aliphatic heterocycles. The molecule has 4 aromatic rings. The van der Waals surface area contributed by atoms with Crippen molar-refractivity contribution in [1.29, 1.82) is 0 Å². The van der Waals surface area contributed by atoms with Crippen molar-refractivity contribution in [2.24, 2.45) is 5.41 Å². The van der Waals surface area contributed by atoms with Crippen molar-refractivity contribution in [3.8, 4) is 22.4 Å². The highest BCUT2D eigenvalue weighted by molar-refractivity contribution is 6.33. The number of ketones is 1. The van der Waals surface area contributed by atoms with Gasteiger partial charge in [0.1, 0.15) is 16.7 Å². The van der Waals surface area contributed by atoms with E-state index in [1.165, 1.54) is 34.7 Å². The maximum absolute atomic E-state index is 13.3. The van der Waals surface area contributed by atoms with Gasteiger partial charge in [-0.3, -0.25) is 14.4 Å². The number of hydrogen-bond donors (Lipinski definition) is 3. The molecule has 3 N–H and O–H groups in total. The molecule has 8 nitrogen and oxygen atoms in total. The number of carbonyl (C=O) groups is 3. The van der Waals surface area contributed by atoms with Crippen molar-refractivity contribution in [3.05, 3.63) is 70.4 Å². The molecule has 0 unspecified atom stereocenters. The molecule has 0 saturated heterocycles. The number of fused-ring (bicyclic) bond motifs is 1. The fourth-order valence-electron chi connectivity index (χ4n) is 3.98. The van der Waals surface area contributed by atoms with Crippen molar-refractivity contribution in [2.75, 3.05) is 12.4 Å². The number of carbonyl (C=O) groups excluding carboxylic acids is 3. The molecule has 202 valence electrons. The summed E-state index contributed by atoms with van der Waals surface area (Å²) in [5.41, 5.74) is -0.847. The summed E-state index contributed by atoms with van der Waals surface area (Å²) in [4.78, 5) is 43.7.